The normalized spacial score (nSPS) is 11.0. The molecule has 4 nitrogen and oxygen atoms in total. The largest absolute Gasteiger partial charge is 1.00 e. The molecule has 1 N–H and O–H groups in total. The maximum absolute atomic E-state index is 10.3. The van der Waals surface area contributed by atoms with Crippen LogP contribution in [0.3, 0.4) is 0 Å². The summed E-state index contributed by atoms with van der Waals surface area (Å²) >= 11 is 0. The van der Waals surface area contributed by atoms with Crippen LogP contribution in [0.2, 0.25) is 0 Å². The van der Waals surface area contributed by atoms with Crippen LogP contribution >= 0.6 is 0 Å². The van der Waals surface area contributed by atoms with Crippen molar-refractivity contribution in [2.24, 2.45) is 5.10 Å². The quantitative estimate of drug-likeness (QED) is 0.266. The maximum Gasteiger partial charge on any atom is 1.00 e. The Balaban J connectivity index is 0.00000256. The number of hydrogen-bond donors (Lipinski definition) is 1. The molecule has 5 heteroatoms. The molecule has 0 bridgehead atoms. The topological polar surface area (TPSA) is 64.5 Å². The van der Waals surface area contributed by atoms with E-state index in [1.54, 1.807) is 0 Å². The number of carboxylic acid groups (broad SMARTS) is 1. The van der Waals surface area contributed by atoms with Gasteiger partial charge < -0.3 is 15.3 Å². The van der Waals surface area contributed by atoms with Crippen molar-refractivity contribution in [1.29, 1.82) is 0 Å². The van der Waals surface area contributed by atoms with E-state index in [0.717, 1.165) is 5.56 Å². The van der Waals surface area contributed by atoms with Gasteiger partial charge in [0, 0.05) is 0 Å². The summed E-state index contributed by atoms with van der Waals surface area (Å²) in [5, 5.41) is 13.9. The molecule has 84 valence electrons. The molecule has 0 spiro atoms. The summed E-state index contributed by atoms with van der Waals surface area (Å²) in [6.07, 6.45) is 3.79. The van der Waals surface area contributed by atoms with Crippen molar-refractivity contribution in [3.05, 3.63) is 42.0 Å². The van der Waals surface area contributed by atoms with Crippen LogP contribution in [0.15, 0.2) is 41.5 Å². The second kappa shape index (κ2) is 8.98. The van der Waals surface area contributed by atoms with Gasteiger partial charge >= 0.3 is 29.6 Å². The van der Waals surface area contributed by atoms with Gasteiger partial charge in [-0.05, 0) is 12.5 Å². The van der Waals surface area contributed by atoms with E-state index in [2.05, 4.69) is 10.5 Å². The molecule has 0 amide bonds. The molecule has 0 saturated carbocycles. The van der Waals surface area contributed by atoms with Gasteiger partial charge in [0.25, 0.3) is 0 Å². The molecule has 0 aliphatic heterocycles. The molecule has 0 radical (unpaired) electrons. The van der Waals surface area contributed by atoms with Crippen molar-refractivity contribution >= 4 is 17.8 Å². The van der Waals surface area contributed by atoms with Gasteiger partial charge in [-0.2, -0.15) is 5.10 Å². The van der Waals surface area contributed by atoms with E-state index in [4.69, 9.17) is 0 Å². The third-order valence-electron chi connectivity index (χ3n) is 1.86. The van der Waals surface area contributed by atoms with Crippen LogP contribution in [0, 0.1) is 0 Å². The number of rotatable bonds is 5. The first-order valence-corrected chi connectivity index (χ1v) is 4.90. The maximum atomic E-state index is 10.3. The number of hydrogen-bond acceptors (Lipinski definition) is 4. The van der Waals surface area contributed by atoms with Gasteiger partial charge in [-0.3, -0.25) is 0 Å². The average molecular weight is 240 g/mol. The molecule has 0 atom stereocenters. The van der Waals surface area contributed by atoms with Gasteiger partial charge in [0.05, 0.1) is 18.2 Å². The van der Waals surface area contributed by atoms with E-state index in [9.17, 15) is 9.90 Å². The van der Waals surface area contributed by atoms with Crippen molar-refractivity contribution in [1.82, 2.24) is 5.43 Å². The Morgan fingerprint density at radius 3 is 2.65 bits per heavy atom. The second-order valence-corrected chi connectivity index (χ2v) is 3.16. The van der Waals surface area contributed by atoms with Crippen LogP contribution < -0.4 is 40.1 Å². The first-order chi connectivity index (χ1) is 7.70. The standard InChI is InChI=1S/C12H14N2O2.Na/c1-10(12(15)16)14-13-9-5-8-11-6-3-2-4-7-11;/h2-8,13H,9H2,1H3,(H,15,16);/q;+1/p-1/b8-5+,14-10+;. The zero-order valence-electron chi connectivity index (χ0n) is 10.0. The van der Waals surface area contributed by atoms with Crippen molar-refractivity contribution in [3.8, 4) is 0 Å². The minimum atomic E-state index is -1.26. The molecule has 0 aliphatic carbocycles. The van der Waals surface area contributed by atoms with Crippen LogP contribution in [-0.4, -0.2) is 18.2 Å². The van der Waals surface area contributed by atoms with Crippen LogP contribution in [0.5, 0.6) is 0 Å². The Labute approximate surface area is 123 Å². The summed E-state index contributed by atoms with van der Waals surface area (Å²) in [5.41, 5.74) is 3.64. The molecule has 1 rings (SSSR count). The SMILES string of the molecule is C/C(=N\NC/C=C/c1ccccc1)C(=O)[O-].[Na+]. The average Bonchev–Trinajstić information content (AvgIpc) is 2.29. The minimum absolute atomic E-state index is 0. The molecule has 0 aromatic heterocycles. The second-order valence-electron chi connectivity index (χ2n) is 3.16. The summed E-state index contributed by atoms with van der Waals surface area (Å²) in [7, 11) is 0. The molecule has 0 unspecified atom stereocenters. The number of aliphatic carboxylic acids is 1. The third-order valence-corrected chi connectivity index (χ3v) is 1.86. The first-order valence-electron chi connectivity index (χ1n) is 4.90. The van der Waals surface area contributed by atoms with Crippen LogP contribution in [0.1, 0.15) is 12.5 Å². The summed E-state index contributed by atoms with van der Waals surface area (Å²) in [5.74, 6) is -1.26. The van der Waals surface area contributed by atoms with Crippen molar-refractivity contribution < 1.29 is 39.5 Å². The van der Waals surface area contributed by atoms with E-state index in [0.29, 0.717) is 6.54 Å². The minimum Gasteiger partial charge on any atom is -0.543 e. The number of carbonyl (C=O) groups excluding carboxylic acids is 1. The smallest absolute Gasteiger partial charge is 0.543 e. The molecular weight excluding hydrogens is 227 g/mol. The van der Waals surface area contributed by atoms with Crippen LogP contribution in [0.25, 0.3) is 6.08 Å². The predicted molar refractivity (Wildman–Crippen MR) is 61.6 cm³/mol. The number of benzene rings is 1. The summed E-state index contributed by atoms with van der Waals surface area (Å²) in [4.78, 5) is 10.3. The zero-order valence-corrected chi connectivity index (χ0v) is 12.0. The van der Waals surface area contributed by atoms with E-state index >= 15 is 0 Å². The molecule has 0 saturated heterocycles. The number of hydrazone groups is 1. The van der Waals surface area contributed by atoms with Crippen molar-refractivity contribution in [2.45, 2.75) is 6.92 Å². The first kappa shape index (κ1) is 15.9. The van der Waals surface area contributed by atoms with Crippen LogP contribution in [0.4, 0.5) is 0 Å². The Morgan fingerprint density at radius 2 is 2.06 bits per heavy atom. The molecule has 0 fully saturated rings. The molecule has 0 heterocycles. The summed E-state index contributed by atoms with van der Waals surface area (Å²) in [6, 6.07) is 9.80. The third kappa shape index (κ3) is 6.94. The van der Waals surface area contributed by atoms with E-state index < -0.39 is 5.97 Å². The van der Waals surface area contributed by atoms with Gasteiger partial charge in [0.1, 0.15) is 0 Å². The number of nitrogens with one attached hydrogen (secondary N) is 1. The molecule has 17 heavy (non-hydrogen) atoms. The van der Waals surface area contributed by atoms with E-state index in [1.807, 2.05) is 42.5 Å². The van der Waals surface area contributed by atoms with Gasteiger partial charge in [-0.1, -0.05) is 42.5 Å². The van der Waals surface area contributed by atoms with Gasteiger partial charge in [0.15, 0.2) is 0 Å². The Kier molecular flexibility index (Phi) is 8.40. The Hall–Kier alpha value is -1.10. The fourth-order valence-electron chi connectivity index (χ4n) is 1.02. The number of carbonyl (C=O) groups is 1. The number of carboxylic acids is 1. The van der Waals surface area contributed by atoms with Crippen molar-refractivity contribution in [2.75, 3.05) is 6.54 Å². The zero-order chi connectivity index (χ0) is 11.8. The van der Waals surface area contributed by atoms with E-state index in [-0.39, 0.29) is 35.3 Å². The van der Waals surface area contributed by atoms with Crippen molar-refractivity contribution in [3.63, 3.8) is 0 Å². The summed E-state index contributed by atoms with van der Waals surface area (Å²) in [6.45, 7) is 1.85. The van der Waals surface area contributed by atoms with Crippen LogP contribution in [-0.2, 0) is 4.79 Å². The fraction of sp³-hybridized carbons (Fsp3) is 0.167. The van der Waals surface area contributed by atoms with E-state index in [1.165, 1.54) is 6.92 Å². The van der Waals surface area contributed by atoms with Gasteiger partial charge in [-0.15, -0.1) is 0 Å². The molecule has 0 aliphatic rings. The molecule has 1 aromatic carbocycles. The fourth-order valence-corrected chi connectivity index (χ4v) is 1.02. The molecule has 1 aromatic rings. The number of nitrogens with zero attached hydrogens (tertiary/aromatic N) is 1. The summed E-state index contributed by atoms with van der Waals surface area (Å²) < 4.78 is 0. The Bertz CT molecular complexity index is 402. The molecular formula is C12H13N2NaO2. The predicted octanol–water partition coefficient (Wildman–Crippen LogP) is -2.58. The Morgan fingerprint density at radius 1 is 1.41 bits per heavy atom. The van der Waals surface area contributed by atoms with Gasteiger partial charge in [0.2, 0.25) is 0 Å². The monoisotopic (exact) mass is 240 g/mol. The van der Waals surface area contributed by atoms with Gasteiger partial charge in [-0.25, -0.2) is 0 Å².